The number of amides is 3. The van der Waals surface area contributed by atoms with E-state index in [-0.39, 0.29) is 12.5 Å². The van der Waals surface area contributed by atoms with Crippen molar-refractivity contribution in [3.05, 3.63) is 102 Å². The van der Waals surface area contributed by atoms with Crippen molar-refractivity contribution in [3.63, 3.8) is 0 Å². The second-order valence-corrected chi connectivity index (χ2v) is 7.51. The highest BCUT2D eigenvalue weighted by Gasteiger charge is 2.38. The lowest BCUT2D eigenvalue weighted by atomic mass is 10.1. The summed E-state index contributed by atoms with van der Waals surface area (Å²) in [5.41, 5.74) is 2.92. The van der Waals surface area contributed by atoms with Crippen molar-refractivity contribution >= 4 is 23.4 Å². The van der Waals surface area contributed by atoms with E-state index >= 15 is 0 Å². The van der Waals surface area contributed by atoms with Crippen molar-refractivity contribution < 1.29 is 19.5 Å². The molecule has 0 saturated heterocycles. The smallest absolute Gasteiger partial charge is 0.310 e. The van der Waals surface area contributed by atoms with Crippen LogP contribution in [0.5, 0.6) is 0 Å². The molecule has 0 saturated carbocycles. The van der Waals surface area contributed by atoms with Gasteiger partial charge in [-0.25, -0.2) is 0 Å². The molecule has 1 aliphatic rings. The predicted molar refractivity (Wildman–Crippen MR) is 119 cm³/mol. The summed E-state index contributed by atoms with van der Waals surface area (Å²) in [6, 6.07) is 24.6. The van der Waals surface area contributed by atoms with E-state index < -0.39 is 24.0 Å². The fourth-order valence-corrected chi connectivity index (χ4v) is 3.71. The van der Waals surface area contributed by atoms with E-state index in [1.807, 2.05) is 48.5 Å². The zero-order valence-corrected chi connectivity index (χ0v) is 17.3. The Morgan fingerprint density at radius 2 is 1.50 bits per heavy atom. The lowest BCUT2D eigenvalue weighted by Gasteiger charge is -2.18. The summed E-state index contributed by atoms with van der Waals surface area (Å²) in [6.45, 7) is 0.240. The van der Waals surface area contributed by atoms with Gasteiger partial charge in [0.1, 0.15) is 6.04 Å². The van der Waals surface area contributed by atoms with E-state index in [4.69, 9.17) is 0 Å². The van der Waals surface area contributed by atoms with Crippen LogP contribution in [0.4, 0.5) is 5.69 Å². The standard InChI is InChI=1S/C25H23N3O4/c29-21(18-11-5-2-6-12-18)15-26-23(30)24(31)27-22-19-13-7-8-14-20(19)28(25(22)32)16-17-9-3-1-4-10-17/h1-14,21-22,29H,15-16H2,(H,26,30)(H,27,31)/t21-,22-/m1/s1. The highest BCUT2D eigenvalue weighted by atomic mass is 16.3. The lowest BCUT2D eigenvalue weighted by molar-refractivity contribution is -0.140. The van der Waals surface area contributed by atoms with Crippen molar-refractivity contribution in [1.82, 2.24) is 10.6 Å². The zero-order valence-electron chi connectivity index (χ0n) is 17.3. The van der Waals surface area contributed by atoms with Gasteiger partial charge in [0.05, 0.1) is 12.6 Å². The number of aliphatic hydroxyl groups excluding tert-OH is 1. The van der Waals surface area contributed by atoms with Crippen LogP contribution in [0.25, 0.3) is 0 Å². The van der Waals surface area contributed by atoms with Crippen molar-refractivity contribution in [2.75, 3.05) is 11.4 Å². The van der Waals surface area contributed by atoms with Crippen molar-refractivity contribution in [1.29, 1.82) is 0 Å². The van der Waals surface area contributed by atoms with Crippen LogP contribution in [0.3, 0.4) is 0 Å². The molecule has 3 aromatic carbocycles. The number of benzene rings is 3. The highest BCUT2D eigenvalue weighted by molar-refractivity contribution is 6.35. The Kier molecular flexibility index (Phi) is 6.28. The molecule has 32 heavy (non-hydrogen) atoms. The molecule has 7 nitrogen and oxygen atoms in total. The largest absolute Gasteiger partial charge is 0.387 e. The second kappa shape index (κ2) is 9.45. The maximum atomic E-state index is 13.1. The van der Waals surface area contributed by atoms with Gasteiger partial charge in [-0.3, -0.25) is 14.4 Å². The molecule has 0 fully saturated rings. The first-order chi connectivity index (χ1) is 15.5. The Morgan fingerprint density at radius 1 is 0.875 bits per heavy atom. The quantitative estimate of drug-likeness (QED) is 0.524. The topological polar surface area (TPSA) is 98.7 Å². The first-order valence-corrected chi connectivity index (χ1v) is 10.3. The molecule has 4 rings (SSSR count). The molecule has 0 unspecified atom stereocenters. The number of para-hydroxylation sites is 1. The number of rotatable bonds is 6. The summed E-state index contributed by atoms with van der Waals surface area (Å²) in [7, 11) is 0. The molecular weight excluding hydrogens is 406 g/mol. The third kappa shape index (κ3) is 4.53. The summed E-state index contributed by atoms with van der Waals surface area (Å²) < 4.78 is 0. The lowest BCUT2D eigenvalue weighted by Crippen LogP contribution is -2.45. The van der Waals surface area contributed by atoms with Crippen LogP contribution in [0.1, 0.15) is 28.8 Å². The van der Waals surface area contributed by atoms with Gasteiger partial charge in [-0.15, -0.1) is 0 Å². The van der Waals surface area contributed by atoms with Crippen LogP contribution in [0.2, 0.25) is 0 Å². The van der Waals surface area contributed by atoms with Gasteiger partial charge >= 0.3 is 11.8 Å². The third-order valence-corrected chi connectivity index (χ3v) is 5.36. The maximum Gasteiger partial charge on any atom is 0.310 e. The van der Waals surface area contributed by atoms with Crippen molar-refractivity contribution in [3.8, 4) is 0 Å². The summed E-state index contributed by atoms with van der Waals surface area (Å²) in [4.78, 5) is 39.5. The first-order valence-electron chi connectivity index (χ1n) is 10.3. The SMILES string of the molecule is O=C(NC[C@@H](O)c1ccccc1)C(=O)N[C@H]1C(=O)N(Cc2ccccc2)c2ccccc21. The number of nitrogens with zero attached hydrogens (tertiary/aromatic N) is 1. The predicted octanol–water partition coefficient (Wildman–Crippen LogP) is 2.24. The van der Waals surface area contributed by atoms with Crippen LogP contribution >= 0.6 is 0 Å². The van der Waals surface area contributed by atoms with Gasteiger partial charge in [0.15, 0.2) is 0 Å². The van der Waals surface area contributed by atoms with Crippen molar-refractivity contribution in [2.24, 2.45) is 0 Å². The average Bonchev–Trinajstić information content (AvgIpc) is 3.09. The van der Waals surface area contributed by atoms with Gasteiger partial charge in [0.2, 0.25) is 0 Å². The molecule has 1 aliphatic heterocycles. The summed E-state index contributed by atoms with van der Waals surface area (Å²) in [5, 5.41) is 15.1. The summed E-state index contributed by atoms with van der Waals surface area (Å²) in [6.07, 6.45) is -0.942. The molecule has 0 aliphatic carbocycles. The highest BCUT2D eigenvalue weighted by Crippen LogP contribution is 2.36. The molecule has 0 radical (unpaired) electrons. The number of nitrogens with one attached hydrogen (secondary N) is 2. The van der Waals surface area contributed by atoms with E-state index in [9.17, 15) is 19.5 Å². The van der Waals surface area contributed by atoms with Gasteiger partial charge in [-0.1, -0.05) is 78.9 Å². The molecule has 0 spiro atoms. The van der Waals surface area contributed by atoms with E-state index in [0.717, 1.165) is 5.56 Å². The van der Waals surface area contributed by atoms with E-state index in [1.54, 1.807) is 41.3 Å². The number of fused-ring (bicyclic) bond motifs is 1. The normalized spacial score (nSPS) is 15.7. The van der Waals surface area contributed by atoms with Gasteiger partial charge < -0.3 is 20.6 Å². The van der Waals surface area contributed by atoms with Crippen LogP contribution in [0, 0.1) is 0 Å². The molecule has 3 amide bonds. The molecule has 3 aromatic rings. The van der Waals surface area contributed by atoms with Crippen LogP contribution in [-0.4, -0.2) is 29.4 Å². The van der Waals surface area contributed by atoms with Crippen LogP contribution in [-0.2, 0) is 20.9 Å². The molecule has 1 heterocycles. The number of carbonyl (C=O) groups excluding carboxylic acids is 3. The summed E-state index contributed by atoms with van der Waals surface area (Å²) in [5.74, 6) is -2.15. The molecule has 0 bridgehead atoms. The van der Waals surface area contributed by atoms with Gasteiger partial charge in [-0.05, 0) is 17.2 Å². The Morgan fingerprint density at radius 3 is 2.22 bits per heavy atom. The minimum absolute atomic E-state index is 0.119. The van der Waals surface area contributed by atoms with Crippen LogP contribution < -0.4 is 15.5 Å². The minimum atomic E-state index is -0.952. The van der Waals surface area contributed by atoms with E-state index in [1.165, 1.54) is 0 Å². The van der Waals surface area contributed by atoms with E-state index in [2.05, 4.69) is 10.6 Å². The molecule has 7 heteroatoms. The Balaban J connectivity index is 1.42. The maximum absolute atomic E-state index is 13.1. The van der Waals surface area contributed by atoms with Gasteiger partial charge in [0, 0.05) is 17.8 Å². The number of anilines is 1. The number of hydrogen-bond donors (Lipinski definition) is 3. The zero-order chi connectivity index (χ0) is 22.5. The summed E-state index contributed by atoms with van der Waals surface area (Å²) >= 11 is 0. The molecular formula is C25H23N3O4. The third-order valence-electron chi connectivity index (χ3n) is 5.36. The number of aliphatic hydroxyl groups is 1. The number of hydrogen-bond acceptors (Lipinski definition) is 4. The molecule has 2 atom stereocenters. The Bertz CT molecular complexity index is 1120. The van der Waals surface area contributed by atoms with E-state index in [0.29, 0.717) is 23.4 Å². The van der Waals surface area contributed by atoms with Gasteiger partial charge in [0.25, 0.3) is 5.91 Å². The number of carbonyl (C=O) groups is 3. The molecule has 3 N–H and O–H groups in total. The van der Waals surface area contributed by atoms with Crippen LogP contribution in [0.15, 0.2) is 84.9 Å². The average molecular weight is 429 g/mol. The Labute approximate surface area is 185 Å². The Hall–Kier alpha value is -3.97. The van der Waals surface area contributed by atoms with Gasteiger partial charge in [-0.2, -0.15) is 0 Å². The molecule has 162 valence electrons. The first kappa shape index (κ1) is 21.3. The fourth-order valence-electron chi connectivity index (χ4n) is 3.71. The van der Waals surface area contributed by atoms with Crippen molar-refractivity contribution in [2.45, 2.75) is 18.7 Å². The molecule has 0 aromatic heterocycles. The minimum Gasteiger partial charge on any atom is -0.387 e. The fraction of sp³-hybridized carbons (Fsp3) is 0.160. The monoisotopic (exact) mass is 429 g/mol. The second-order valence-electron chi connectivity index (χ2n) is 7.51.